The third-order valence-corrected chi connectivity index (χ3v) is 2.75. The first kappa shape index (κ1) is 15.3. The Morgan fingerprint density at radius 1 is 1.32 bits per heavy atom. The SMILES string of the molecule is CCN(CCC(=O)OC)c1ccccc1C(F)(F)F. The zero-order valence-electron chi connectivity index (χ0n) is 10.8. The van der Waals surface area contributed by atoms with Gasteiger partial charge in [-0.1, -0.05) is 12.1 Å². The third-order valence-electron chi connectivity index (χ3n) is 2.75. The molecule has 0 saturated carbocycles. The Morgan fingerprint density at radius 3 is 2.47 bits per heavy atom. The maximum Gasteiger partial charge on any atom is 0.418 e. The number of halogens is 3. The fourth-order valence-electron chi connectivity index (χ4n) is 1.77. The van der Waals surface area contributed by atoms with E-state index in [0.29, 0.717) is 6.54 Å². The van der Waals surface area contributed by atoms with E-state index in [2.05, 4.69) is 4.74 Å². The second kappa shape index (κ2) is 6.45. The predicted molar refractivity (Wildman–Crippen MR) is 66.0 cm³/mol. The lowest BCUT2D eigenvalue weighted by atomic mass is 10.1. The Hall–Kier alpha value is -1.72. The minimum atomic E-state index is -4.41. The number of hydrogen-bond acceptors (Lipinski definition) is 3. The molecule has 3 nitrogen and oxygen atoms in total. The second-order valence-corrected chi connectivity index (χ2v) is 3.92. The average Bonchev–Trinajstić information content (AvgIpc) is 2.38. The van der Waals surface area contributed by atoms with E-state index in [1.165, 1.54) is 24.1 Å². The van der Waals surface area contributed by atoms with Crippen LogP contribution in [0.5, 0.6) is 0 Å². The number of alkyl halides is 3. The van der Waals surface area contributed by atoms with Crippen molar-refractivity contribution in [1.82, 2.24) is 0 Å². The molecule has 106 valence electrons. The third kappa shape index (κ3) is 4.15. The van der Waals surface area contributed by atoms with Gasteiger partial charge in [0.1, 0.15) is 0 Å². The highest BCUT2D eigenvalue weighted by atomic mass is 19.4. The van der Waals surface area contributed by atoms with Crippen LogP contribution in [0.15, 0.2) is 24.3 Å². The van der Waals surface area contributed by atoms with E-state index < -0.39 is 17.7 Å². The molecular formula is C13H16F3NO2. The number of esters is 1. The molecule has 0 unspecified atom stereocenters. The fourth-order valence-corrected chi connectivity index (χ4v) is 1.77. The minimum Gasteiger partial charge on any atom is -0.469 e. The van der Waals surface area contributed by atoms with Gasteiger partial charge < -0.3 is 9.64 Å². The quantitative estimate of drug-likeness (QED) is 0.773. The summed E-state index contributed by atoms with van der Waals surface area (Å²) in [4.78, 5) is 12.6. The van der Waals surface area contributed by atoms with Crippen molar-refractivity contribution in [2.24, 2.45) is 0 Å². The summed E-state index contributed by atoms with van der Waals surface area (Å²) >= 11 is 0. The van der Waals surface area contributed by atoms with E-state index in [-0.39, 0.29) is 18.7 Å². The molecule has 0 spiro atoms. The van der Waals surface area contributed by atoms with Crippen LogP contribution in [0.3, 0.4) is 0 Å². The summed E-state index contributed by atoms with van der Waals surface area (Å²) < 4.78 is 43.2. The van der Waals surface area contributed by atoms with Gasteiger partial charge in [0.15, 0.2) is 0 Å². The molecule has 0 aliphatic heterocycles. The Bertz CT molecular complexity index is 432. The summed E-state index contributed by atoms with van der Waals surface area (Å²) in [6.07, 6.45) is -4.36. The summed E-state index contributed by atoms with van der Waals surface area (Å²) in [6.45, 7) is 2.31. The van der Waals surface area contributed by atoms with E-state index in [4.69, 9.17) is 0 Å². The molecule has 0 amide bonds. The van der Waals surface area contributed by atoms with Gasteiger partial charge in [0, 0.05) is 18.8 Å². The molecule has 0 aliphatic rings. The van der Waals surface area contributed by atoms with Crippen LogP contribution < -0.4 is 4.90 Å². The molecule has 0 aliphatic carbocycles. The van der Waals surface area contributed by atoms with Gasteiger partial charge in [0.25, 0.3) is 0 Å². The maximum atomic E-state index is 12.9. The van der Waals surface area contributed by atoms with Crippen molar-refractivity contribution in [2.75, 3.05) is 25.1 Å². The number of para-hydroxylation sites is 1. The molecule has 0 saturated heterocycles. The molecule has 0 aromatic heterocycles. The Kier molecular flexibility index (Phi) is 5.20. The summed E-state index contributed by atoms with van der Waals surface area (Å²) in [5.74, 6) is -0.442. The predicted octanol–water partition coefficient (Wildman–Crippen LogP) is 3.09. The zero-order valence-corrected chi connectivity index (χ0v) is 10.8. The van der Waals surface area contributed by atoms with E-state index in [1.54, 1.807) is 13.0 Å². The van der Waals surface area contributed by atoms with Gasteiger partial charge in [-0.2, -0.15) is 13.2 Å². The van der Waals surface area contributed by atoms with Gasteiger partial charge in [0.2, 0.25) is 0 Å². The highest BCUT2D eigenvalue weighted by Gasteiger charge is 2.34. The van der Waals surface area contributed by atoms with Gasteiger partial charge in [0.05, 0.1) is 19.1 Å². The fraction of sp³-hybridized carbons (Fsp3) is 0.462. The number of rotatable bonds is 5. The van der Waals surface area contributed by atoms with Crippen LogP contribution in [0.2, 0.25) is 0 Å². The highest BCUT2D eigenvalue weighted by Crippen LogP contribution is 2.36. The Labute approximate surface area is 110 Å². The van der Waals surface area contributed by atoms with Crippen LogP contribution in [0, 0.1) is 0 Å². The van der Waals surface area contributed by atoms with Crippen molar-refractivity contribution >= 4 is 11.7 Å². The zero-order chi connectivity index (χ0) is 14.5. The summed E-state index contributed by atoms with van der Waals surface area (Å²) in [5.41, 5.74) is -0.608. The van der Waals surface area contributed by atoms with Gasteiger partial charge >= 0.3 is 12.1 Å². The standard InChI is InChI=1S/C13H16F3NO2/c1-3-17(9-8-12(18)19-2)11-7-5-4-6-10(11)13(14,15)16/h4-7H,3,8-9H2,1-2H3. The van der Waals surface area contributed by atoms with E-state index in [1.807, 2.05) is 0 Å². The number of methoxy groups -OCH3 is 1. The summed E-state index contributed by atoms with van der Waals surface area (Å²) in [6, 6.07) is 5.34. The number of benzene rings is 1. The molecule has 0 radical (unpaired) electrons. The lowest BCUT2D eigenvalue weighted by Crippen LogP contribution is -2.28. The molecule has 0 heterocycles. The largest absolute Gasteiger partial charge is 0.469 e. The topological polar surface area (TPSA) is 29.5 Å². The van der Waals surface area contributed by atoms with E-state index in [9.17, 15) is 18.0 Å². The van der Waals surface area contributed by atoms with Crippen LogP contribution in [-0.4, -0.2) is 26.2 Å². The van der Waals surface area contributed by atoms with Crippen LogP contribution in [-0.2, 0) is 15.7 Å². The smallest absolute Gasteiger partial charge is 0.418 e. The van der Waals surface area contributed by atoms with Crippen molar-refractivity contribution in [3.05, 3.63) is 29.8 Å². The number of ether oxygens (including phenoxy) is 1. The first-order chi connectivity index (χ1) is 8.90. The van der Waals surface area contributed by atoms with Crippen LogP contribution >= 0.6 is 0 Å². The second-order valence-electron chi connectivity index (χ2n) is 3.92. The van der Waals surface area contributed by atoms with Gasteiger partial charge in [-0.15, -0.1) is 0 Å². The lowest BCUT2D eigenvalue weighted by molar-refractivity contribution is -0.140. The minimum absolute atomic E-state index is 0.0521. The van der Waals surface area contributed by atoms with Crippen molar-refractivity contribution in [3.63, 3.8) is 0 Å². The number of nitrogens with zero attached hydrogens (tertiary/aromatic N) is 1. The molecule has 1 rings (SSSR count). The van der Waals surface area contributed by atoms with Gasteiger partial charge in [-0.3, -0.25) is 4.79 Å². The molecule has 0 fully saturated rings. The number of carbonyl (C=O) groups excluding carboxylic acids is 1. The first-order valence-corrected chi connectivity index (χ1v) is 5.88. The molecule has 0 atom stereocenters. The van der Waals surface area contributed by atoms with Crippen LogP contribution in [0.1, 0.15) is 18.9 Å². The number of hydrogen-bond donors (Lipinski definition) is 0. The summed E-state index contributed by atoms with van der Waals surface area (Å²) in [7, 11) is 1.25. The number of anilines is 1. The van der Waals surface area contributed by atoms with Gasteiger partial charge in [-0.05, 0) is 19.1 Å². The Balaban J connectivity index is 2.95. The van der Waals surface area contributed by atoms with Crippen molar-refractivity contribution < 1.29 is 22.7 Å². The maximum absolute atomic E-state index is 12.9. The lowest BCUT2D eigenvalue weighted by Gasteiger charge is -2.26. The Morgan fingerprint density at radius 2 is 1.95 bits per heavy atom. The van der Waals surface area contributed by atoms with Crippen molar-refractivity contribution in [1.29, 1.82) is 0 Å². The van der Waals surface area contributed by atoms with Gasteiger partial charge in [-0.25, -0.2) is 0 Å². The van der Waals surface area contributed by atoms with Crippen LogP contribution in [0.25, 0.3) is 0 Å². The van der Waals surface area contributed by atoms with Crippen LogP contribution in [0.4, 0.5) is 18.9 Å². The average molecular weight is 275 g/mol. The summed E-state index contributed by atoms with van der Waals surface area (Å²) in [5, 5.41) is 0. The molecule has 1 aromatic rings. The molecule has 1 aromatic carbocycles. The molecular weight excluding hydrogens is 259 g/mol. The molecule has 19 heavy (non-hydrogen) atoms. The molecule has 0 N–H and O–H groups in total. The highest BCUT2D eigenvalue weighted by molar-refractivity contribution is 5.70. The first-order valence-electron chi connectivity index (χ1n) is 5.88. The van der Waals surface area contributed by atoms with E-state index in [0.717, 1.165) is 6.07 Å². The van der Waals surface area contributed by atoms with E-state index >= 15 is 0 Å². The van der Waals surface area contributed by atoms with Crippen molar-refractivity contribution in [3.8, 4) is 0 Å². The monoisotopic (exact) mass is 275 g/mol. The molecule has 0 bridgehead atoms. The normalized spacial score (nSPS) is 11.2. The number of carbonyl (C=O) groups is 1. The molecule has 6 heteroatoms. The van der Waals surface area contributed by atoms with Crippen molar-refractivity contribution in [2.45, 2.75) is 19.5 Å².